The number of hydrogen-bond acceptors (Lipinski definition) is 5. The van der Waals surface area contributed by atoms with Crippen LogP contribution in [0.2, 0.25) is 0 Å². The lowest BCUT2D eigenvalue weighted by Crippen LogP contribution is -2.25. The molecule has 1 amide bonds. The summed E-state index contributed by atoms with van der Waals surface area (Å²) in [6, 6.07) is 6.38. The van der Waals surface area contributed by atoms with Gasteiger partial charge >= 0.3 is 6.09 Å². The van der Waals surface area contributed by atoms with Crippen molar-refractivity contribution in [2.45, 2.75) is 0 Å². The number of hydrogen-bond donors (Lipinski definition) is 2. The number of fused-ring (bicyclic) bond motifs is 1. The van der Waals surface area contributed by atoms with Crippen LogP contribution in [0.3, 0.4) is 0 Å². The minimum atomic E-state index is -1.47. The fourth-order valence-corrected chi connectivity index (χ4v) is 1.44. The summed E-state index contributed by atoms with van der Waals surface area (Å²) in [7, 11) is 0. The van der Waals surface area contributed by atoms with E-state index in [2.05, 4.69) is 10.2 Å². The molecule has 1 aromatic carbocycles. The van der Waals surface area contributed by atoms with Crippen molar-refractivity contribution in [2.24, 2.45) is 10.2 Å². The summed E-state index contributed by atoms with van der Waals surface area (Å²) in [6.07, 6.45) is 0.560. The Bertz CT molecular complexity index is 579. The molecular formula is C10H8N4O4. The number of allylic oxidation sites excluding steroid dienone is 1. The third-order valence-electron chi connectivity index (χ3n) is 2.17. The second-order valence-corrected chi connectivity index (χ2v) is 3.31. The highest BCUT2D eigenvalue weighted by molar-refractivity contribution is 5.86. The van der Waals surface area contributed by atoms with E-state index in [-0.39, 0.29) is 17.1 Å². The van der Waals surface area contributed by atoms with Gasteiger partial charge in [0.2, 0.25) is 11.9 Å². The number of carbonyl (C=O) groups is 1. The van der Waals surface area contributed by atoms with Crippen molar-refractivity contribution in [1.29, 1.82) is 0 Å². The van der Waals surface area contributed by atoms with E-state index in [0.717, 1.165) is 17.5 Å². The van der Waals surface area contributed by atoms with Crippen molar-refractivity contribution in [3.05, 3.63) is 41.4 Å². The zero-order valence-electron chi connectivity index (χ0n) is 8.96. The molecule has 0 spiro atoms. The maximum Gasteiger partial charge on any atom is 0.449 e. The lowest BCUT2D eigenvalue weighted by Gasteiger charge is -2.22. The second kappa shape index (κ2) is 4.63. The number of amides is 1. The van der Waals surface area contributed by atoms with Crippen molar-refractivity contribution in [3.8, 4) is 0 Å². The standard InChI is InChI=1S/C10H8N4O4/c15-10(16)12-11-5-7-6-13(17)8-3-1-2-4-9(8)14(7)18/h1-6,18H,(H,15,16)/b7-5+,12-11?. The fraction of sp³-hybridized carbons (Fsp3) is 0. The first kappa shape index (κ1) is 11.7. The molecule has 18 heavy (non-hydrogen) atoms. The molecule has 0 unspecified atom stereocenters. The molecule has 0 aliphatic carbocycles. The van der Waals surface area contributed by atoms with E-state index in [1.54, 1.807) is 12.1 Å². The van der Waals surface area contributed by atoms with E-state index < -0.39 is 6.09 Å². The number of nitrogens with zero attached hydrogens (tertiary/aromatic N) is 4. The van der Waals surface area contributed by atoms with Crippen molar-refractivity contribution in [1.82, 2.24) is 0 Å². The number of azo groups is 1. The van der Waals surface area contributed by atoms with E-state index in [1.807, 2.05) is 0 Å². The Kier molecular flexibility index (Phi) is 3.02. The van der Waals surface area contributed by atoms with Crippen LogP contribution in [0.1, 0.15) is 0 Å². The highest BCUT2D eigenvalue weighted by Gasteiger charge is 2.24. The Hall–Kier alpha value is -2.74. The summed E-state index contributed by atoms with van der Waals surface area (Å²) in [5.41, 5.74) is 0.549. The third kappa shape index (κ3) is 2.18. The van der Waals surface area contributed by atoms with Crippen LogP contribution in [0.4, 0.5) is 16.2 Å². The molecule has 0 saturated carbocycles. The van der Waals surface area contributed by atoms with Crippen LogP contribution in [0.5, 0.6) is 0 Å². The lowest BCUT2D eigenvalue weighted by atomic mass is 10.2. The Labute approximate surface area is 101 Å². The summed E-state index contributed by atoms with van der Waals surface area (Å²) in [5, 5.41) is 36.5. The lowest BCUT2D eigenvalue weighted by molar-refractivity contribution is -0.355. The van der Waals surface area contributed by atoms with Gasteiger partial charge in [0.15, 0.2) is 5.70 Å². The topological polar surface area (TPSA) is 112 Å². The van der Waals surface area contributed by atoms with Gasteiger partial charge in [-0.15, -0.1) is 5.11 Å². The molecule has 1 heterocycles. The Balaban J connectivity index is 2.39. The van der Waals surface area contributed by atoms with Gasteiger partial charge < -0.3 is 10.3 Å². The number of para-hydroxylation sites is 2. The highest BCUT2D eigenvalue weighted by Crippen LogP contribution is 2.31. The average molecular weight is 248 g/mol. The van der Waals surface area contributed by atoms with Crippen molar-refractivity contribution < 1.29 is 19.8 Å². The zero-order valence-corrected chi connectivity index (χ0v) is 8.96. The molecule has 0 fully saturated rings. The van der Waals surface area contributed by atoms with E-state index in [1.165, 1.54) is 12.1 Å². The summed E-state index contributed by atoms with van der Waals surface area (Å²) in [4.78, 5) is 10.1. The molecule has 0 atom stereocenters. The SMILES string of the molecule is O=C(O)N=N/C=C1\C=[N+]([O-])c2ccccc2N1O. The second-order valence-electron chi connectivity index (χ2n) is 3.31. The molecule has 2 N–H and O–H groups in total. The minimum absolute atomic E-state index is 0.00806. The Morgan fingerprint density at radius 2 is 2.17 bits per heavy atom. The highest BCUT2D eigenvalue weighted by atomic mass is 16.5. The quantitative estimate of drug-likeness (QED) is 0.449. The van der Waals surface area contributed by atoms with Crippen LogP contribution >= 0.6 is 0 Å². The van der Waals surface area contributed by atoms with Crippen molar-refractivity contribution >= 4 is 23.7 Å². The first-order chi connectivity index (χ1) is 8.59. The van der Waals surface area contributed by atoms with Crippen LogP contribution < -0.4 is 5.06 Å². The number of hydroxylamine groups is 1. The zero-order chi connectivity index (χ0) is 13.1. The average Bonchev–Trinajstić information content (AvgIpc) is 2.35. The molecule has 92 valence electrons. The van der Waals surface area contributed by atoms with Gasteiger partial charge in [-0.2, -0.15) is 4.74 Å². The van der Waals surface area contributed by atoms with Crippen LogP contribution in [0, 0.1) is 5.21 Å². The number of benzene rings is 1. The smallest absolute Gasteiger partial charge is 0.449 e. The number of rotatable bonds is 1. The predicted octanol–water partition coefficient (Wildman–Crippen LogP) is 2.08. The van der Waals surface area contributed by atoms with Crippen LogP contribution in [0.15, 0.2) is 46.4 Å². The number of anilines is 1. The first-order valence-electron chi connectivity index (χ1n) is 4.83. The molecule has 1 aliphatic heterocycles. The van der Waals surface area contributed by atoms with Crippen molar-refractivity contribution in [2.75, 3.05) is 5.06 Å². The van der Waals surface area contributed by atoms with E-state index in [0.29, 0.717) is 4.74 Å². The minimum Gasteiger partial charge on any atom is -0.618 e. The van der Waals surface area contributed by atoms with Gasteiger partial charge in [0.05, 0.1) is 6.20 Å². The molecule has 0 aromatic heterocycles. The van der Waals surface area contributed by atoms with Gasteiger partial charge in [0.25, 0.3) is 0 Å². The Morgan fingerprint density at radius 1 is 1.44 bits per heavy atom. The molecule has 8 heteroatoms. The van der Waals surface area contributed by atoms with Crippen molar-refractivity contribution in [3.63, 3.8) is 0 Å². The predicted molar refractivity (Wildman–Crippen MR) is 61.0 cm³/mol. The van der Waals surface area contributed by atoms with Gasteiger partial charge in [-0.05, 0) is 6.07 Å². The van der Waals surface area contributed by atoms with E-state index in [9.17, 15) is 15.2 Å². The Morgan fingerprint density at radius 3 is 2.89 bits per heavy atom. The van der Waals surface area contributed by atoms with Gasteiger partial charge in [0.1, 0.15) is 5.69 Å². The summed E-state index contributed by atoms with van der Waals surface area (Å²) < 4.78 is 0.546. The third-order valence-corrected chi connectivity index (χ3v) is 2.17. The molecule has 0 bridgehead atoms. The summed E-state index contributed by atoms with van der Waals surface area (Å²) in [6.45, 7) is 0. The molecule has 0 radical (unpaired) electrons. The van der Waals surface area contributed by atoms with Gasteiger partial charge in [-0.25, -0.2) is 9.86 Å². The van der Waals surface area contributed by atoms with Crippen LogP contribution in [-0.2, 0) is 0 Å². The largest absolute Gasteiger partial charge is 0.618 e. The fourth-order valence-electron chi connectivity index (χ4n) is 1.44. The molecule has 1 aromatic rings. The summed E-state index contributed by atoms with van der Waals surface area (Å²) >= 11 is 0. The molecule has 0 saturated heterocycles. The van der Waals surface area contributed by atoms with E-state index >= 15 is 0 Å². The normalized spacial score (nSPS) is 16.8. The molecule has 2 rings (SSSR count). The molecule has 1 aliphatic rings. The molecule has 8 nitrogen and oxygen atoms in total. The van der Waals surface area contributed by atoms with E-state index in [4.69, 9.17) is 5.11 Å². The maximum absolute atomic E-state index is 11.6. The van der Waals surface area contributed by atoms with Gasteiger partial charge in [0, 0.05) is 6.07 Å². The summed E-state index contributed by atoms with van der Waals surface area (Å²) in [5.74, 6) is 0. The van der Waals surface area contributed by atoms with Crippen LogP contribution in [-0.4, -0.2) is 27.4 Å². The monoisotopic (exact) mass is 248 g/mol. The van der Waals surface area contributed by atoms with Gasteiger partial charge in [-0.1, -0.05) is 17.2 Å². The van der Waals surface area contributed by atoms with Crippen LogP contribution in [0.25, 0.3) is 0 Å². The van der Waals surface area contributed by atoms with Gasteiger partial charge in [-0.3, -0.25) is 5.21 Å². The first-order valence-corrected chi connectivity index (χ1v) is 4.83. The maximum atomic E-state index is 11.6. The molecular weight excluding hydrogens is 240 g/mol. The number of carboxylic acid groups (broad SMARTS) is 1.